The molecule has 0 aliphatic carbocycles. The molecule has 0 aromatic rings. The predicted octanol–water partition coefficient (Wildman–Crippen LogP) is -4.64. The lowest BCUT2D eigenvalue weighted by molar-refractivity contribution is -0.145. The number of carboxylic acid groups (broad SMARTS) is 2. The molecule has 0 heterocycles. The Morgan fingerprint density at radius 2 is 1.38 bits per heavy atom. The van der Waals surface area contributed by atoms with E-state index in [9.17, 15) is 39.0 Å². The Balaban J connectivity index is 5.28. The number of hydrogen-bond donors (Lipinski definition) is 9. The van der Waals surface area contributed by atoms with Gasteiger partial charge in [-0.2, -0.15) is 0 Å². The highest BCUT2D eigenvalue weighted by Gasteiger charge is 2.31. The number of aliphatic hydroxyl groups excluding tert-OH is 2. The zero-order chi connectivity index (χ0) is 25.0. The van der Waals surface area contributed by atoms with Crippen LogP contribution in [0.15, 0.2) is 0 Å². The number of nitrogens with two attached hydrogens (primary N) is 2. The van der Waals surface area contributed by atoms with Crippen LogP contribution < -0.4 is 27.4 Å². The normalized spacial score (nSPS) is 15.4. The minimum absolute atomic E-state index is 0.236. The number of carbonyl (C=O) groups excluding carboxylic acids is 4. The molecular weight excluding hydrogens is 434 g/mol. The SMILES string of the molecule is CC(O)C(NC(=O)C(CCC(N)=O)NC(=O)C(CO)NC(=O)C(N)CCC(=O)O)C(=O)O. The van der Waals surface area contributed by atoms with Crippen molar-refractivity contribution in [3.63, 3.8) is 0 Å². The van der Waals surface area contributed by atoms with E-state index in [0.29, 0.717) is 0 Å². The van der Waals surface area contributed by atoms with Crippen molar-refractivity contribution in [1.82, 2.24) is 16.0 Å². The quantitative estimate of drug-likeness (QED) is 0.111. The van der Waals surface area contributed by atoms with Crippen LogP contribution in [-0.4, -0.2) is 92.9 Å². The van der Waals surface area contributed by atoms with Crippen LogP contribution in [0.1, 0.15) is 32.6 Å². The summed E-state index contributed by atoms with van der Waals surface area (Å²) in [5.41, 5.74) is 10.6. The van der Waals surface area contributed by atoms with Crippen LogP contribution in [0.4, 0.5) is 0 Å². The molecule has 0 spiro atoms. The molecule has 5 unspecified atom stereocenters. The number of amides is 4. The molecule has 0 saturated heterocycles. The average Bonchev–Trinajstić information content (AvgIpc) is 2.69. The van der Waals surface area contributed by atoms with Crippen LogP contribution in [0.5, 0.6) is 0 Å². The summed E-state index contributed by atoms with van der Waals surface area (Å²) in [6.07, 6.45) is -2.85. The molecule has 0 radical (unpaired) electrons. The number of carbonyl (C=O) groups is 6. The lowest BCUT2D eigenvalue weighted by atomic mass is 10.1. The predicted molar refractivity (Wildman–Crippen MR) is 105 cm³/mol. The second-order valence-corrected chi connectivity index (χ2v) is 6.91. The monoisotopic (exact) mass is 463 g/mol. The number of rotatable bonds is 15. The van der Waals surface area contributed by atoms with Crippen molar-refractivity contribution in [2.45, 2.75) is 62.9 Å². The molecular formula is C17H29N5O10. The van der Waals surface area contributed by atoms with Crippen LogP contribution in [-0.2, 0) is 28.8 Å². The van der Waals surface area contributed by atoms with E-state index in [0.717, 1.165) is 6.92 Å². The van der Waals surface area contributed by atoms with Crippen molar-refractivity contribution in [2.24, 2.45) is 11.5 Å². The van der Waals surface area contributed by atoms with Crippen molar-refractivity contribution < 1.29 is 49.2 Å². The van der Waals surface area contributed by atoms with E-state index in [2.05, 4.69) is 10.6 Å². The molecule has 32 heavy (non-hydrogen) atoms. The van der Waals surface area contributed by atoms with Crippen molar-refractivity contribution in [3.8, 4) is 0 Å². The molecule has 15 heteroatoms. The second kappa shape index (κ2) is 13.9. The Labute approximate surface area is 182 Å². The van der Waals surface area contributed by atoms with Gasteiger partial charge in [0, 0.05) is 12.8 Å². The molecule has 182 valence electrons. The Kier molecular flexibility index (Phi) is 12.5. The van der Waals surface area contributed by atoms with Gasteiger partial charge in [-0.1, -0.05) is 0 Å². The van der Waals surface area contributed by atoms with Gasteiger partial charge < -0.3 is 47.8 Å². The molecule has 11 N–H and O–H groups in total. The maximum atomic E-state index is 12.4. The summed E-state index contributed by atoms with van der Waals surface area (Å²) in [7, 11) is 0. The Morgan fingerprint density at radius 3 is 1.81 bits per heavy atom. The van der Waals surface area contributed by atoms with Gasteiger partial charge >= 0.3 is 11.9 Å². The van der Waals surface area contributed by atoms with Crippen LogP contribution >= 0.6 is 0 Å². The Morgan fingerprint density at radius 1 is 0.844 bits per heavy atom. The number of aliphatic carboxylic acids is 2. The van der Waals surface area contributed by atoms with Gasteiger partial charge in [-0.15, -0.1) is 0 Å². The van der Waals surface area contributed by atoms with Crippen molar-refractivity contribution in [2.75, 3.05) is 6.61 Å². The van der Waals surface area contributed by atoms with E-state index in [1.54, 1.807) is 0 Å². The lowest BCUT2D eigenvalue weighted by Gasteiger charge is -2.25. The molecule has 0 bridgehead atoms. The number of aliphatic hydroxyl groups is 2. The van der Waals surface area contributed by atoms with Crippen LogP contribution in [0, 0.1) is 0 Å². The van der Waals surface area contributed by atoms with Gasteiger partial charge in [-0.25, -0.2) is 4.79 Å². The fourth-order valence-electron chi connectivity index (χ4n) is 2.35. The van der Waals surface area contributed by atoms with Gasteiger partial charge in [0.05, 0.1) is 18.8 Å². The summed E-state index contributed by atoms with van der Waals surface area (Å²) in [4.78, 5) is 69.6. The third kappa shape index (κ3) is 10.6. The van der Waals surface area contributed by atoms with E-state index in [4.69, 9.17) is 21.7 Å². The zero-order valence-electron chi connectivity index (χ0n) is 17.3. The first-order chi connectivity index (χ1) is 14.8. The van der Waals surface area contributed by atoms with Crippen molar-refractivity contribution in [3.05, 3.63) is 0 Å². The summed E-state index contributed by atoms with van der Waals surface area (Å²) in [6, 6.07) is -6.09. The Hall–Kier alpha value is -3.30. The smallest absolute Gasteiger partial charge is 0.328 e. The largest absolute Gasteiger partial charge is 0.481 e. The number of carboxylic acids is 2. The van der Waals surface area contributed by atoms with E-state index < -0.39 is 78.9 Å². The average molecular weight is 463 g/mol. The molecule has 4 amide bonds. The van der Waals surface area contributed by atoms with Gasteiger partial charge in [0.15, 0.2) is 6.04 Å². The summed E-state index contributed by atoms with van der Waals surface area (Å²) < 4.78 is 0. The minimum atomic E-state index is -1.71. The summed E-state index contributed by atoms with van der Waals surface area (Å²) in [5, 5.41) is 42.8. The molecule has 5 atom stereocenters. The topological polar surface area (TPSA) is 271 Å². The highest BCUT2D eigenvalue weighted by molar-refractivity contribution is 5.94. The van der Waals surface area contributed by atoms with Gasteiger partial charge in [0.2, 0.25) is 23.6 Å². The molecule has 0 aliphatic heterocycles. The second-order valence-electron chi connectivity index (χ2n) is 6.91. The summed E-state index contributed by atoms with van der Waals surface area (Å²) >= 11 is 0. The molecule has 0 aromatic heterocycles. The molecule has 0 rings (SSSR count). The number of nitrogens with one attached hydrogen (secondary N) is 3. The molecule has 0 aliphatic rings. The van der Waals surface area contributed by atoms with Crippen molar-refractivity contribution >= 4 is 35.6 Å². The summed E-state index contributed by atoms with van der Waals surface area (Å²) in [5.74, 6) is -6.62. The molecule has 0 aromatic carbocycles. The van der Waals surface area contributed by atoms with E-state index in [1.807, 2.05) is 5.32 Å². The first-order valence-corrected chi connectivity index (χ1v) is 9.48. The fraction of sp³-hybridized carbons (Fsp3) is 0.647. The van der Waals surface area contributed by atoms with Gasteiger partial charge in [-0.3, -0.25) is 24.0 Å². The van der Waals surface area contributed by atoms with E-state index in [1.165, 1.54) is 0 Å². The maximum Gasteiger partial charge on any atom is 0.328 e. The maximum absolute atomic E-state index is 12.4. The van der Waals surface area contributed by atoms with Gasteiger partial charge in [0.25, 0.3) is 0 Å². The first-order valence-electron chi connectivity index (χ1n) is 9.48. The first kappa shape index (κ1) is 28.7. The number of primary amides is 1. The molecule has 0 fully saturated rings. The number of hydrogen-bond acceptors (Lipinski definition) is 9. The fourth-order valence-corrected chi connectivity index (χ4v) is 2.35. The standard InChI is InChI=1S/C17H29N5O10/c1-7(24)13(17(31)32)22-15(29)9(3-4-11(19)25)20-16(30)10(6-23)21-14(28)8(18)2-5-12(26)27/h7-10,13,23-24H,2-6,18H2,1H3,(H2,19,25)(H,20,30)(H,21,28)(H,22,29)(H,26,27)(H,31,32). The molecule has 0 saturated carbocycles. The van der Waals surface area contributed by atoms with Gasteiger partial charge in [0.1, 0.15) is 12.1 Å². The van der Waals surface area contributed by atoms with Gasteiger partial charge in [-0.05, 0) is 19.8 Å². The van der Waals surface area contributed by atoms with Crippen molar-refractivity contribution in [1.29, 1.82) is 0 Å². The van der Waals surface area contributed by atoms with E-state index >= 15 is 0 Å². The third-order valence-corrected chi connectivity index (χ3v) is 4.18. The van der Waals surface area contributed by atoms with Crippen LogP contribution in [0.25, 0.3) is 0 Å². The van der Waals surface area contributed by atoms with Crippen LogP contribution in [0.3, 0.4) is 0 Å². The summed E-state index contributed by atoms with van der Waals surface area (Å²) in [6.45, 7) is 0.194. The highest BCUT2D eigenvalue weighted by atomic mass is 16.4. The minimum Gasteiger partial charge on any atom is -0.481 e. The zero-order valence-corrected chi connectivity index (χ0v) is 17.3. The molecule has 15 nitrogen and oxygen atoms in total. The van der Waals surface area contributed by atoms with Crippen LogP contribution in [0.2, 0.25) is 0 Å². The Bertz CT molecular complexity index is 714. The third-order valence-electron chi connectivity index (χ3n) is 4.18. The lowest BCUT2D eigenvalue weighted by Crippen LogP contribution is -2.59. The van der Waals surface area contributed by atoms with E-state index in [-0.39, 0.29) is 19.3 Å². The highest BCUT2D eigenvalue weighted by Crippen LogP contribution is 2.03.